The van der Waals surface area contributed by atoms with Gasteiger partial charge in [0.25, 0.3) is 0 Å². The molecule has 0 aromatic carbocycles. The fraction of sp³-hybridized carbons (Fsp3) is 0.857. The van der Waals surface area contributed by atoms with Crippen molar-refractivity contribution >= 4 is 5.91 Å². The van der Waals surface area contributed by atoms with Crippen molar-refractivity contribution in [3.05, 3.63) is 0 Å². The maximum atomic E-state index is 12.4. The van der Waals surface area contributed by atoms with Crippen LogP contribution >= 0.6 is 0 Å². The zero-order chi connectivity index (χ0) is 12.7. The molecular formula is C14H24N2O. The molecule has 2 atom stereocenters. The number of carbonyl (C=O) groups excluding carboxylic acids is 1. The molecular weight excluding hydrogens is 212 g/mol. The van der Waals surface area contributed by atoms with Crippen LogP contribution < -0.4 is 0 Å². The molecule has 0 radical (unpaired) electrons. The van der Waals surface area contributed by atoms with Crippen LogP contribution in [0.3, 0.4) is 0 Å². The number of rotatable bonds is 5. The second kappa shape index (κ2) is 7.32. The highest BCUT2D eigenvalue weighted by atomic mass is 16.2. The van der Waals surface area contributed by atoms with Gasteiger partial charge in [0.05, 0.1) is 6.07 Å². The highest BCUT2D eigenvalue weighted by molar-refractivity contribution is 5.79. The summed E-state index contributed by atoms with van der Waals surface area (Å²) >= 11 is 0. The van der Waals surface area contributed by atoms with Crippen molar-refractivity contribution in [2.24, 2.45) is 5.92 Å². The Hall–Kier alpha value is -1.04. The molecule has 3 heteroatoms. The predicted octanol–water partition coefficient (Wildman–Crippen LogP) is 3.11. The number of amides is 1. The van der Waals surface area contributed by atoms with Crippen molar-refractivity contribution in [3.63, 3.8) is 0 Å². The summed E-state index contributed by atoms with van der Waals surface area (Å²) in [6, 6.07) is 2.10. The minimum atomic E-state index is -0.174. The predicted molar refractivity (Wildman–Crippen MR) is 68.3 cm³/mol. The summed E-state index contributed by atoms with van der Waals surface area (Å²) in [6.45, 7) is 5.00. The first-order valence-corrected chi connectivity index (χ1v) is 6.94. The summed E-state index contributed by atoms with van der Waals surface area (Å²) < 4.78 is 0. The number of hydrogen-bond donors (Lipinski definition) is 0. The van der Waals surface area contributed by atoms with E-state index < -0.39 is 0 Å². The molecule has 2 unspecified atom stereocenters. The molecule has 1 heterocycles. The summed E-state index contributed by atoms with van der Waals surface area (Å²) in [5, 5.41) is 9.10. The van der Waals surface area contributed by atoms with E-state index in [0.29, 0.717) is 0 Å². The van der Waals surface area contributed by atoms with Crippen molar-refractivity contribution in [3.8, 4) is 6.07 Å². The van der Waals surface area contributed by atoms with Gasteiger partial charge in [-0.1, -0.05) is 26.7 Å². The van der Waals surface area contributed by atoms with Gasteiger partial charge in [0.15, 0.2) is 0 Å². The van der Waals surface area contributed by atoms with Crippen molar-refractivity contribution < 1.29 is 4.79 Å². The first kappa shape index (κ1) is 14.0. The molecule has 0 aliphatic carbocycles. The number of unbranched alkanes of at least 4 members (excludes halogenated alkanes) is 1. The van der Waals surface area contributed by atoms with Gasteiger partial charge in [-0.3, -0.25) is 4.79 Å². The van der Waals surface area contributed by atoms with Crippen LogP contribution in [0.2, 0.25) is 0 Å². The van der Waals surface area contributed by atoms with E-state index >= 15 is 0 Å². The molecule has 0 N–H and O–H groups in total. The molecule has 0 spiro atoms. The van der Waals surface area contributed by atoms with Crippen LogP contribution in [-0.4, -0.2) is 23.4 Å². The highest BCUT2D eigenvalue weighted by Gasteiger charge is 2.30. The molecule has 1 rings (SSSR count). The molecule has 17 heavy (non-hydrogen) atoms. The van der Waals surface area contributed by atoms with Crippen molar-refractivity contribution in [1.82, 2.24) is 4.90 Å². The molecule has 0 saturated carbocycles. The number of nitriles is 1. The minimum absolute atomic E-state index is 0.129. The van der Waals surface area contributed by atoms with Crippen molar-refractivity contribution in [1.29, 1.82) is 5.26 Å². The minimum Gasteiger partial charge on any atom is -0.326 e. The maximum absolute atomic E-state index is 12.4. The smallest absolute Gasteiger partial charge is 0.226 e. The van der Waals surface area contributed by atoms with Crippen LogP contribution in [0.5, 0.6) is 0 Å². The zero-order valence-electron chi connectivity index (χ0n) is 11.1. The average Bonchev–Trinajstić information content (AvgIpc) is 2.39. The Kier molecular flexibility index (Phi) is 6.04. The van der Waals surface area contributed by atoms with E-state index in [1.54, 1.807) is 0 Å². The summed E-state index contributed by atoms with van der Waals surface area (Å²) in [4.78, 5) is 14.2. The molecule has 96 valence electrons. The van der Waals surface area contributed by atoms with Gasteiger partial charge in [-0.25, -0.2) is 0 Å². The van der Waals surface area contributed by atoms with E-state index in [9.17, 15) is 4.79 Å². The topological polar surface area (TPSA) is 44.1 Å². The Morgan fingerprint density at radius 1 is 1.47 bits per heavy atom. The molecule has 3 nitrogen and oxygen atoms in total. The largest absolute Gasteiger partial charge is 0.326 e. The quantitative estimate of drug-likeness (QED) is 0.736. The highest BCUT2D eigenvalue weighted by Crippen LogP contribution is 2.22. The van der Waals surface area contributed by atoms with Crippen molar-refractivity contribution in [2.75, 3.05) is 6.54 Å². The Morgan fingerprint density at radius 3 is 2.82 bits per heavy atom. The monoisotopic (exact) mass is 236 g/mol. The lowest BCUT2D eigenvalue weighted by Crippen LogP contribution is -2.45. The fourth-order valence-corrected chi connectivity index (χ4v) is 2.52. The molecule has 1 saturated heterocycles. The van der Waals surface area contributed by atoms with Gasteiger partial charge in [0.1, 0.15) is 6.04 Å². The number of nitrogens with zero attached hydrogens (tertiary/aromatic N) is 2. The Bertz CT molecular complexity index is 282. The summed E-state index contributed by atoms with van der Waals surface area (Å²) in [7, 11) is 0. The van der Waals surface area contributed by atoms with Crippen LogP contribution in [0, 0.1) is 17.2 Å². The number of carbonyl (C=O) groups is 1. The van der Waals surface area contributed by atoms with Gasteiger partial charge in [0, 0.05) is 12.5 Å². The van der Waals surface area contributed by atoms with Gasteiger partial charge in [0.2, 0.25) is 5.91 Å². The first-order chi connectivity index (χ1) is 8.24. The summed E-state index contributed by atoms with van der Waals surface area (Å²) in [6.07, 6.45) is 7.09. The summed E-state index contributed by atoms with van der Waals surface area (Å²) in [5.74, 6) is 0.344. The van der Waals surface area contributed by atoms with Gasteiger partial charge < -0.3 is 4.90 Å². The van der Waals surface area contributed by atoms with Gasteiger partial charge in [-0.2, -0.15) is 5.26 Å². The second-order valence-corrected chi connectivity index (χ2v) is 4.92. The number of piperidine rings is 1. The lowest BCUT2D eigenvalue weighted by molar-refractivity contribution is -0.138. The first-order valence-electron chi connectivity index (χ1n) is 6.94. The molecule has 0 aromatic rings. The lowest BCUT2D eigenvalue weighted by atomic mass is 9.94. The maximum Gasteiger partial charge on any atom is 0.226 e. The normalized spacial score (nSPS) is 21.9. The molecule has 1 fully saturated rings. The Labute approximate surface area is 105 Å². The van der Waals surface area contributed by atoms with Crippen LogP contribution in [0.4, 0.5) is 0 Å². The SMILES string of the molecule is CCCCC(CC)C(=O)N1CCCCC1C#N. The standard InChI is InChI=1S/C14H24N2O/c1-3-5-8-12(4-2)14(17)16-10-7-6-9-13(16)11-15/h12-13H,3-10H2,1-2H3. The van der Waals surface area contributed by atoms with E-state index in [-0.39, 0.29) is 17.9 Å². The van der Waals surface area contributed by atoms with Gasteiger partial charge >= 0.3 is 0 Å². The molecule has 1 aliphatic rings. The Morgan fingerprint density at radius 2 is 2.24 bits per heavy atom. The third kappa shape index (κ3) is 3.73. The molecule has 1 amide bonds. The Balaban J connectivity index is 2.61. The zero-order valence-corrected chi connectivity index (χ0v) is 11.1. The number of hydrogen-bond acceptors (Lipinski definition) is 2. The van der Waals surface area contributed by atoms with E-state index in [1.807, 2.05) is 4.90 Å². The van der Waals surface area contributed by atoms with E-state index in [4.69, 9.17) is 5.26 Å². The average molecular weight is 236 g/mol. The molecule has 0 bridgehead atoms. The molecule has 0 aromatic heterocycles. The second-order valence-electron chi connectivity index (χ2n) is 4.92. The third-order valence-corrected chi connectivity index (χ3v) is 3.68. The van der Waals surface area contributed by atoms with E-state index in [1.165, 1.54) is 0 Å². The van der Waals surface area contributed by atoms with Gasteiger partial charge in [-0.15, -0.1) is 0 Å². The molecule has 1 aliphatic heterocycles. The fourth-order valence-electron chi connectivity index (χ4n) is 2.52. The third-order valence-electron chi connectivity index (χ3n) is 3.68. The van der Waals surface area contributed by atoms with Crippen LogP contribution in [0.1, 0.15) is 58.8 Å². The van der Waals surface area contributed by atoms with Crippen molar-refractivity contribution in [2.45, 2.75) is 64.8 Å². The van der Waals surface area contributed by atoms with Crippen LogP contribution in [0.25, 0.3) is 0 Å². The van der Waals surface area contributed by atoms with Gasteiger partial charge in [-0.05, 0) is 32.1 Å². The lowest BCUT2D eigenvalue weighted by Gasteiger charge is -2.34. The summed E-state index contributed by atoms with van der Waals surface area (Å²) in [5.41, 5.74) is 0. The number of likely N-dealkylation sites (tertiary alicyclic amines) is 1. The van der Waals surface area contributed by atoms with E-state index in [0.717, 1.165) is 51.5 Å². The van der Waals surface area contributed by atoms with E-state index in [2.05, 4.69) is 19.9 Å². The van der Waals surface area contributed by atoms with Crippen LogP contribution in [0.15, 0.2) is 0 Å². The van der Waals surface area contributed by atoms with Crippen LogP contribution in [-0.2, 0) is 4.79 Å².